The lowest BCUT2D eigenvalue weighted by atomic mass is 9.96. The summed E-state index contributed by atoms with van der Waals surface area (Å²) in [7, 11) is 0. The average Bonchev–Trinajstić information content (AvgIpc) is 3.09. The number of carbonyl (C=O) groups excluding carboxylic acids is 1. The van der Waals surface area contributed by atoms with E-state index in [9.17, 15) is 18.0 Å². The Hall–Kier alpha value is -2.81. The summed E-state index contributed by atoms with van der Waals surface area (Å²) in [5.74, 6) is 0.0438. The zero-order valence-electron chi connectivity index (χ0n) is 16.7. The molecule has 0 spiro atoms. The molecule has 158 valence electrons. The second-order valence-electron chi connectivity index (χ2n) is 7.67. The molecule has 3 rings (SSSR count). The van der Waals surface area contributed by atoms with Gasteiger partial charge in [0.15, 0.2) is 5.65 Å². The van der Waals surface area contributed by atoms with Crippen molar-refractivity contribution in [3.05, 3.63) is 60.1 Å². The maximum atomic E-state index is 12.2. The molecule has 1 N–H and O–H groups in total. The molecule has 0 saturated heterocycles. The fourth-order valence-electron chi connectivity index (χ4n) is 2.69. The topological polar surface area (TPSA) is 59.3 Å². The van der Waals surface area contributed by atoms with Crippen LogP contribution in [0.4, 0.5) is 13.2 Å². The predicted molar refractivity (Wildman–Crippen MR) is 110 cm³/mol. The molecular weight excluding hydrogens is 413 g/mol. The molecule has 0 bridgehead atoms. The van der Waals surface area contributed by atoms with Crippen LogP contribution in [-0.2, 0) is 10.2 Å². The number of aromatic nitrogens is 3. The third-order valence-electron chi connectivity index (χ3n) is 4.07. The molecule has 5 nitrogen and oxygen atoms in total. The van der Waals surface area contributed by atoms with Gasteiger partial charge in [-0.25, -0.2) is 0 Å². The number of rotatable bonds is 5. The van der Waals surface area contributed by atoms with E-state index in [0.717, 1.165) is 32.9 Å². The van der Waals surface area contributed by atoms with E-state index in [2.05, 4.69) is 31.0 Å². The highest BCUT2D eigenvalue weighted by molar-refractivity contribution is 7.99. The van der Waals surface area contributed by atoms with Crippen molar-refractivity contribution in [1.82, 2.24) is 19.9 Å². The molecule has 9 heteroatoms. The van der Waals surface area contributed by atoms with Crippen molar-refractivity contribution in [2.45, 2.75) is 42.2 Å². The van der Waals surface area contributed by atoms with Crippen molar-refractivity contribution in [2.24, 2.45) is 0 Å². The molecule has 0 unspecified atom stereocenters. The zero-order chi connectivity index (χ0) is 21.9. The number of benzene rings is 1. The molecule has 0 aliphatic heterocycles. The smallest absolute Gasteiger partial charge is 0.343 e. The van der Waals surface area contributed by atoms with Crippen LogP contribution in [-0.4, -0.2) is 33.2 Å². The van der Waals surface area contributed by atoms with E-state index in [-0.39, 0.29) is 5.41 Å². The van der Waals surface area contributed by atoms with Gasteiger partial charge in [-0.15, -0.1) is 10.2 Å². The molecule has 0 saturated carbocycles. The Labute approximate surface area is 176 Å². The lowest BCUT2D eigenvalue weighted by Crippen LogP contribution is -2.32. The van der Waals surface area contributed by atoms with E-state index in [1.54, 1.807) is 12.1 Å². The Morgan fingerprint density at radius 1 is 1.13 bits per heavy atom. The molecule has 0 atom stereocenters. The molecular formula is C21H21F3N4OS. The molecule has 30 heavy (non-hydrogen) atoms. The Kier molecular flexibility index (Phi) is 6.21. The SMILES string of the molecule is CC(C)(C)c1nnc2ccc(Sc3ccccc3C=CC(=O)NCC(F)(F)F)cn12. The maximum absolute atomic E-state index is 12.2. The maximum Gasteiger partial charge on any atom is 0.405 e. The summed E-state index contributed by atoms with van der Waals surface area (Å²) in [5, 5.41) is 10.3. The van der Waals surface area contributed by atoms with Gasteiger partial charge in [-0.2, -0.15) is 13.2 Å². The van der Waals surface area contributed by atoms with Crippen LogP contribution >= 0.6 is 11.8 Å². The molecule has 2 aromatic heterocycles. The fraction of sp³-hybridized carbons (Fsp3) is 0.286. The van der Waals surface area contributed by atoms with Gasteiger partial charge in [-0.3, -0.25) is 9.20 Å². The zero-order valence-corrected chi connectivity index (χ0v) is 17.5. The number of alkyl halides is 3. The number of hydrogen-bond donors (Lipinski definition) is 1. The third kappa shape index (κ3) is 5.63. The lowest BCUT2D eigenvalue weighted by molar-refractivity contribution is -0.135. The Bertz CT molecular complexity index is 1080. The molecule has 0 fully saturated rings. The number of nitrogens with one attached hydrogen (secondary N) is 1. The quantitative estimate of drug-likeness (QED) is 0.582. The van der Waals surface area contributed by atoms with Gasteiger partial charge >= 0.3 is 6.18 Å². The molecule has 2 heterocycles. The van der Waals surface area contributed by atoms with Gasteiger partial charge in [0.25, 0.3) is 0 Å². The van der Waals surface area contributed by atoms with Crippen molar-refractivity contribution in [1.29, 1.82) is 0 Å². The summed E-state index contributed by atoms with van der Waals surface area (Å²) in [6, 6.07) is 11.2. The van der Waals surface area contributed by atoms with Gasteiger partial charge in [0.05, 0.1) is 0 Å². The van der Waals surface area contributed by atoms with E-state index >= 15 is 0 Å². The summed E-state index contributed by atoms with van der Waals surface area (Å²) < 4.78 is 38.6. The van der Waals surface area contributed by atoms with Gasteiger partial charge in [-0.05, 0) is 29.8 Å². The first kappa shape index (κ1) is 21.9. The number of fused-ring (bicyclic) bond motifs is 1. The first-order valence-corrected chi connectivity index (χ1v) is 9.99. The Morgan fingerprint density at radius 3 is 2.57 bits per heavy atom. The van der Waals surface area contributed by atoms with Crippen LogP contribution in [0, 0.1) is 0 Å². The largest absolute Gasteiger partial charge is 0.405 e. The standard InChI is InChI=1S/C21H21F3N4OS/c1-20(2,3)19-27-26-17-10-9-15(12-28(17)19)30-16-7-5-4-6-14(16)8-11-18(29)25-13-21(22,23)24/h4-12H,13H2,1-3H3,(H,25,29). The van der Waals surface area contributed by atoms with Crippen molar-refractivity contribution in [3.63, 3.8) is 0 Å². The summed E-state index contributed by atoms with van der Waals surface area (Å²) >= 11 is 1.48. The second kappa shape index (κ2) is 8.51. The van der Waals surface area contributed by atoms with Gasteiger partial charge in [0, 0.05) is 27.5 Å². The highest BCUT2D eigenvalue weighted by atomic mass is 32.2. The van der Waals surface area contributed by atoms with E-state index in [4.69, 9.17) is 0 Å². The highest BCUT2D eigenvalue weighted by Crippen LogP contribution is 2.32. The molecule has 1 amide bonds. The van der Waals surface area contributed by atoms with Gasteiger partial charge < -0.3 is 5.32 Å². The van der Waals surface area contributed by atoms with E-state index < -0.39 is 18.6 Å². The average molecular weight is 434 g/mol. The van der Waals surface area contributed by atoms with Crippen LogP contribution in [0.5, 0.6) is 0 Å². The number of nitrogens with zero attached hydrogens (tertiary/aromatic N) is 3. The first-order chi connectivity index (χ1) is 14.0. The fourth-order valence-corrected chi connectivity index (χ4v) is 3.64. The molecule has 3 aromatic rings. The number of carbonyl (C=O) groups is 1. The summed E-state index contributed by atoms with van der Waals surface area (Å²) in [4.78, 5) is 13.5. The molecule has 0 radical (unpaired) electrons. The molecule has 0 aliphatic carbocycles. The molecule has 0 aliphatic rings. The predicted octanol–water partition coefficient (Wildman–Crippen LogP) is 4.87. The highest BCUT2D eigenvalue weighted by Gasteiger charge is 2.27. The number of pyridine rings is 1. The summed E-state index contributed by atoms with van der Waals surface area (Å²) in [6.07, 6.45) is 0.124. The first-order valence-electron chi connectivity index (χ1n) is 9.18. The second-order valence-corrected chi connectivity index (χ2v) is 8.79. The summed E-state index contributed by atoms with van der Waals surface area (Å²) in [5.41, 5.74) is 1.30. The van der Waals surface area contributed by atoms with E-state index in [1.807, 2.05) is 40.2 Å². The lowest BCUT2D eigenvalue weighted by Gasteiger charge is -2.16. The van der Waals surface area contributed by atoms with Crippen LogP contribution in [0.2, 0.25) is 0 Å². The van der Waals surface area contributed by atoms with Gasteiger partial charge in [0.1, 0.15) is 12.4 Å². The normalized spacial score (nSPS) is 12.6. The number of hydrogen-bond acceptors (Lipinski definition) is 4. The van der Waals surface area contributed by atoms with Crippen LogP contribution in [0.25, 0.3) is 11.7 Å². The third-order valence-corrected chi connectivity index (χ3v) is 5.14. The number of halogens is 3. The molecule has 1 aromatic carbocycles. The minimum Gasteiger partial charge on any atom is -0.343 e. The summed E-state index contributed by atoms with van der Waals surface area (Å²) in [6.45, 7) is 4.83. The minimum atomic E-state index is -4.44. The Morgan fingerprint density at radius 2 is 1.87 bits per heavy atom. The van der Waals surface area contributed by atoms with Crippen LogP contribution in [0.3, 0.4) is 0 Å². The van der Waals surface area contributed by atoms with Crippen LogP contribution in [0.1, 0.15) is 32.2 Å². The van der Waals surface area contributed by atoms with Crippen LogP contribution < -0.4 is 5.32 Å². The van der Waals surface area contributed by atoms with Crippen molar-refractivity contribution in [3.8, 4) is 0 Å². The van der Waals surface area contributed by atoms with Gasteiger partial charge in [-0.1, -0.05) is 50.7 Å². The van der Waals surface area contributed by atoms with Crippen molar-refractivity contribution < 1.29 is 18.0 Å². The van der Waals surface area contributed by atoms with Crippen molar-refractivity contribution >= 4 is 29.4 Å². The Balaban J connectivity index is 1.81. The van der Waals surface area contributed by atoms with Crippen molar-refractivity contribution in [2.75, 3.05) is 6.54 Å². The van der Waals surface area contributed by atoms with E-state index in [0.29, 0.717) is 0 Å². The van der Waals surface area contributed by atoms with Gasteiger partial charge in [0.2, 0.25) is 5.91 Å². The van der Waals surface area contributed by atoms with E-state index in [1.165, 1.54) is 17.8 Å². The van der Waals surface area contributed by atoms with Crippen LogP contribution in [0.15, 0.2) is 58.5 Å². The minimum absolute atomic E-state index is 0.173. The monoisotopic (exact) mass is 434 g/mol. The number of amides is 1.